The molecule has 8 heteroatoms. The van der Waals surface area contributed by atoms with Gasteiger partial charge in [-0.25, -0.2) is 0 Å². The van der Waals surface area contributed by atoms with Gasteiger partial charge in [0.05, 0.1) is 25.1 Å². The van der Waals surface area contributed by atoms with Gasteiger partial charge in [-0.1, -0.05) is 0 Å². The molecule has 2 fully saturated rings. The van der Waals surface area contributed by atoms with Crippen LogP contribution in [0.15, 0.2) is 52.9 Å². The van der Waals surface area contributed by atoms with Crippen LogP contribution >= 0.6 is 0 Å². The lowest BCUT2D eigenvalue weighted by Gasteiger charge is -2.28. The van der Waals surface area contributed by atoms with Crippen LogP contribution in [0.25, 0.3) is 5.76 Å². The van der Waals surface area contributed by atoms with Crippen LogP contribution in [0.5, 0.6) is 0 Å². The average Bonchev–Trinajstić information content (AvgIpc) is 3.37. The van der Waals surface area contributed by atoms with E-state index in [1.807, 2.05) is 0 Å². The molecule has 1 atom stereocenters. The first-order valence-corrected chi connectivity index (χ1v) is 9.69. The van der Waals surface area contributed by atoms with Gasteiger partial charge < -0.3 is 19.2 Å². The second-order valence-electron chi connectivity index (χ2n) is 7.05. The molecule has 2 saturated heterocycles. The van der Waals surface area contributed by atoms with Crippen molar-refractivity contribution >= 4 is 17.4 Å². The van der Waals surface area contributed by atoms with E-state index in [1.165, 1.54) is 23.6 Å². The molecule has 8 nitrogen and oxygen atoms in total. The van der Waals surface area contributed by atoms with Crippen molar-refractivity contribution < 1.29 is 23.8 Å². The minimum Gasteiger partial charge on any atom is -0.507 e. The quantitative estimate of drug-likeness (QED) is 0.451. The number of hydrogen-bond acceptors (Lipinski definition) is 7. The van der Waals surface area contributed by atoms with Gasteiger partial charge in [0, 0.05) is 44.1 Å². The number of Topliss-reactive ketones (excluding diaryl/α,β-unsaturated/α-hetero) is 1. The second kappa shape index (κ2) is 8.59. The first-order chi connectivity index (χ1) is 14.2. The number of furan rings is 1. The van der Waals surface area contributed by atoms with E-state index in [1.54, 1.807) is 24.3 Å². The first-order valence-electron chi connectivity index (χ1n) is 9.69. The van der Waals surface area contributed by atoms with E-state index in [0.29, 0.717) is 37.5 Å². The number of aliphatic hydroxyl groups excluding tert-OH is 1. The van der Waals surface area contributed by atoms with Crippen molar-refractivity contribution in [3.63, 3.8) is 0 Å². The fourth-order valence-corrected chi connectivity index (χ4v) is 3.81. The molecule has 0 spiro atoms. The summed E-state index contributed by atoms with van der Waals surface area (Å²) in [5.74, 6) is -1.09. The van der Waals surface area contributed by atoms with Gasteiger partial charge in [-0.05, 0) is 30.7 Å². The average molecular weight is 397 g/mol. The Balaban J connectivity index is 1.60. The maximum atomic E-state index is 12.8. The predicted octanol–water partition coefficient (Wildman–Crippen LogP) is 1.82. The number of aromatic nitrogens is 1. The minimum atomic E-state index is -0.747. The van der Waals surface area contributed by atoms with E-state index >= 15 is 0 Å². The smallest absolute Gasteiger partial charge is 0.295 e. The van der Waals surface area contributed by atoms with Gasteiger partial charge in [0.2, 0.25) is 0 Å². The molecule has 1 amide bonds. The highest BCUT2D eigenvalue weighted by Crippen LogP contribution is 2.39. The topological polar surface area (TPSA) is 96.1 Å². The molecular formula is C21H23N3O5. The number of aliphatic hydroxyl groups is 1. The van der Waals surface area contributed by atoms with E-state index < -0.39 is 17.7 Å². The number of carbonyl (C=O) groups is 2. The van der Waals surface area contributed by atoms with E-state index in [-0.39, 0.29) is 11.3 Å². The zero-order valence-corrected chi connectivity index (χ0v) is 16.0. The molecule has 152 valence electrons. The fourth-order valence-electron chi connectivity index (χ4n) is 3.81. The molecule has 2 aromatic heterocycles. The summed E-state index contributed by atoms with van der Waals surface area (Å²) in [6.07, 6.45) is 5.25. The molecule has 0 radical (unpaired) electrons. The molecule has 2 aromatic rings. The van der Waals surface area contributed by atoms with Gasteiger partial charge in [0.15, 0.2) is 0 Å². The van der Waals surface area contributed by atoms with Gasteiger partial charge in [-0.3, -0.25) is 19.5 Å². The Hall–Kier alpha value is -2.97. The summed E-state index contributed by atoms with van der Waals surface area (Å²) in [4.78, 5) is 33.3. The molecule has 0 saturated carbocycles. The highest BCUT2D eigenvalue weighted by Gasteiger charge is 2.47. The number of nitrogens with zero attached hydrogens (tertiary/aromatic N) is 3. The summed E-state index contributed by atoms with van der Waals surface area (Å²) in [5, 5.41) is 10.8. The van der Waals surface area contributed by atoms with Gasteiger partial charge in [0.1, 0.15) is 17.6 Å². The molecular weight excluding hydrogens is 374 g/mol. The molecule has 2 aliphatic rings. The summed E-state index contributed by atoms with van der Waals surface area (Å²) in [6, 6.07) is 5.87. The van der Waals surface area contributed by atoms with Gasteiger partial charge in [0.25, 0.3) is 11.7 Å². The number of rotatable bonds is 6. The largest absolute Gasteiger partial charge is 0.507 e. The van der Waals surface area contributed by atoms with Crippen molar-refractivity contribution in [3.8, 4) is 0 Å². The Labute approximate surface area is 168 Å². The molecule has 0 bridgehead atoms. The molecule has 2 aliphatic heterocycles. The Morgan fingerprint density at radius 3 is 2.59 bits per heavy atom. The third kappa shape index (κ3) is 3.94. The van der Waals surface area contributed by atoms with Crippen LogP contribution < -0.4 is 0 Å². The summed E-state index contributed by atoms with van der Waals surface area (Å²) >= 11 is 0. The van der Waals surface area contributed by atoms with E-state index in [9.17, 15) is 14.7 Å². The number of likely N-dealkylation sites (tertiary alicyclic amines) is 1. The van der Waals surface area contributed by atoms with Crippen LogP contribution in [0.1, 0.15) is 23.8 Å². The minimum absolute atomic E-state index is 0.0440. The first kappa shape index (κ1) is 19.4. The van der Waals surface area contributed by atoms with Crippen molar-refractivity contribution in [3.05, 3.63) is 59.8 Å². The Bertz CT molecular complexity index is 888. The SMILES string of the molecule is O=C1C(=O)N(CCCN2CCOCC2)[C@@H](c2ccco2)/C1=C(\O)c1ccncc1. The molecule has 4 heterocycles. The normalized spacial score (nSPS) is 22.3. The number of ether oxygens (including phenoxy) is 1. The van der Waals surface area contributed by atoms with Gasteiger partial charge in [-0.15, -0.1) is 0 Å². The van der Waals surface area contributed by atoms with Crippen molar-refractivity contribution in [1.29, 1.82) is 0 Å². The van der Waals surface area contributed by atoms with Crippen molar-refractivity contribution in [2.45, 2.75) is 12.5 Å². The van der Waals surface area contributed by atoms with Crippen LogP contribution in [-0.2, 0) is 14.3 Å². The van der Waals surface area contributed by atoms with Crippen LogP contribution in [0, 0.1) is 0 Å². The maximum Gasteiger partial charge on any atom is 0.295 e. The number of ketones is 1. The summed E-state index contributed by atoms with van der Waals surface area (Å²) in [5.41, 5.74) is 0.477. The summed E-state index contributed by atoms with van der Waals surface area (Å²) < 4.78 is 10.9. The third-order valence-electron chi connectivity index (χ3n) is 5.28. The molecule has 4 rings (SSSR count). The molecule has 29 heavy (non-hydrogen) atoms. The molecule has 0 aromatic carbocycles. The standard InChI is InChI=1S/C21H23N3O5/c25-19(15-4-6-22-7-5-15)17-18(16-3-1-12-29-16)24(21(27)20(17)26)9-2-8-23-10-13-28-14-11-23/h1,3-7,12,18,25H,2,8-11,13-14H2/b19-17+/t18-/m0/s1. The lowest BCUT2D eigenvalue weighted by Crippen LogP contribution is -2.38. The predicted molar refractivity (Wildman–Crippen MR) is 104 cm³/mol. The molecule has 1 N–H and O–H groups in total. The lowest BCUT2D eigenvalue weighted by molar-refractivity contribution is -0.140. The molecule has 0 unspecified atom stereocenters. The summed E-state index contributed by atoms with van der Waals surface area (Å²) in [6.45, 7) is 4.35. The summed E-state index contributed by atoms with van der Waals surface area (Å²) in [7, 11) is 0. The third-order valence-corrected chi connectivity index (χ3v) is 5.28. The zero-order valence-electron chi connectivity index (χ0n) is 16.0. The Morgan fingerprint density at radius 1 is 1.14 bits per heavy atom. The van der Waals surface area contributed by atoms with Crippen LogP contribution in [0.3, 0.4) is 0 Å². The van der Waals surface area contributed by atoms with Crippen LogP contribution in [0.2, 0.25) is 0 Å². The van der Waals surface area contributed by atoms with Gasteiger partial charge in [-0.2, -0.15) is 0 Å². The number of pyridine rings is 1. The maximum absolute atomic E-state index is 12.8. The lowest BCUT2D eigenvalue weighted by atomic mass is 10.00. The number of morpholine rings is 1. The second-order valence-corrected chi connectivity index (χ2v) is 7.05. The Morgan fingerprint density at radius 2 is 1.90 bits per heavy atom. The number of amides is 1. The highest BCUT2D eigenvalue weighted by molar-refractivity contribution is 6.46. The van der Waals surface area contributed by atoms with Crippen molar-refractivity contribution in [2.24, 2.45) is 0 Å². The van der Waals surface area contributed by atoms with E-state index in [2.05, 4.69) is 9.88 Å². The van der Waals surface area contributed by atoms with Gasteiger partial charge >= 0.3 is 0 Å². The van der Waals surface area contributed by atoms with E-state index in [0.717, 1.165) is 19.6 Å². The fraction of sp³-hybridized carbons (Fsp3) is 0.381. The van der Waals surface area contributed by atoms with Crippen LogP contribution in [-0.4, -0.2) is 71.0 Å². The van der Waals surface area contributed by atoms with Crippen LogP contribution in [0.4, 0.5) is 0 Å². The Kier molecular flexibility index (Phi) is 5.73. The number of carbonyl (C=O) groups excluding carboxylic acids is 2. The van der Waals surface area contributed by atoms with E-state index in [4.69, 9.17) is 9.15 Å². The van der Waals surface area contributed by atoms with Crippen molar-refractivity contribution in [1.82, 2.24) is 14.8 Å². The van der Waals surface area contributed by atoms with Crippen molar-refractivity contribution in [2.75, 3.05) is 39.4 Å². The molecule has 0 aliphatic carbocycles. The monoisotopic (exact) mass is 397 g/mol. The number of hydrogen-bond donors (Lipinski definition) is 1. The highest BCUT2D eigenvalue weighted by atomic mass is 16.5. The zero-order chi connectivity index (χ0) is 20.2.